The Bertz CT molecular complexity index is 867. The van der Waals surface area contributed by atoms with Crippen molar-refractivity contribution in [2.24, 2.45) is 5.73 Å². The van der Waals surface area contributed by atoms with E-state index in [0.29, 0.717) is 11.1 Å². The Morgan fingerprint density at radius 3 is 2.28 bits per heavy atom. The smallest absolute Gasteiger partial charge is 0.289 e. The molecule has 25 heavy (non-hydrogen) atoms. The zero-order valence-electron chi connectivity index (χ0n) is 14.2. The van der Waals surface area contributed by atoms with Crippen LogP contribution >= 0.6 is 0 Å². The molecule has 0 spiro atoms. The predicted molar refractivity (Wildman–Crippen MR) is 95.7 cm³/mol. The van der Waals surface area contributed by atoms with Gasteiger partial charge in [-0.2, -0.15) is 4.31 Å². The number of nitrogens with two attached hydrogens (primary N) is 1. The van der Waals surface area contributed by atoms with Crippen LogP contribution in [-0.2, 0) is 16.6 Å². The minimum Gasteiger partial charge on any atom is -0.329 e. The maximum absolute atomic E-state index is 13.1. The van der Waals surface area contributed by atoms with Gasteiger partial charge in [0.25, 0.3) is 5.69 Å². The van der Waals surface area contributed by atoms with Gasteiger partial charge in [-0.3, -0.25) is 10.1 Å². The summed E-state index contributed by atoms with van der Waals surface area (Å²) in [4.78, 5) is 10.4. The molecule has 0 saturated carbocycles. The highest BCUT2D eigenvalue weighted by atomic mass is 32.2. The molecule has 134 valence electrons. The molecule has 2 N–H and O–H groups in total. The highest BCUT2D eigenvalue weighted by molar-refractivity contribution is 7.89. The Hall–Kier alpha value is -2.29. The molecular weight excluding hydrogens is 342 g/mol. The van der Waals surface area contributed by atoms with Gasteiger partial charge in [0, 0.05) is 25.7 Å². The molecule has 0 heterocycles. The van der Waals surface area contributed by atoms with Crippen molar-refractivity contribution in [3.8, 4) is 0 Å². The minimum atomic E-state index is -4.06. The van der Waals surface area contributed by atoms with Gasteiger partial charge in [-0.15, -0.1) is 0 Å². The number of aryl methyl sites for hydroxylation is 2. The van der Waals surface area contributed by atoms with E-state index in [-0.39, 0.29) is 24.5 Å². The monoisotopic (exact) mass is 363 g/mol. The van der Waals surface area contributed by atoms with Crippen LogP contribution in [-0.4, -0.2) is 30.7 Å². The Morgan fingerprint density at radius 1 is 1.12 bits per heavy atom. The lowest BCUT2D eigenvalue weighted by Gasteiger charge is -2.22. The van der Waals surface area contributed by atoms with Crippen LogP contribution in [0.25, 0.3) is 0 Å². The van der Waals surface area contributed by atoms with Gasteiger partial charge in [-0.25, -0.2) is 8.42 Å². The van der Waals surface area contributed by atoms with E-state index >= 15 is 0 Å². The van der Waals surface area contributed by atoms with E-state index < -0.39 is 20.6 Å². The maximum atomic E-state index is 13.1. The Labute approximate surface area is 147 Å². The lowest BCUT2D eigenvalue weighted by atomic mass is 10.1. The number of hydrogen-bond acceptors (Lipinski definition) is 5. The van der Waals surface area contributed by atoms with Gasteiger partial charge in [0.15, 0.2) is 4.90 Å². The first-order chi connectivity index (χ1) is 11.8. The molecule has 0 radical (unpaired) electrons. The number of sulfonamides is 1. The number of benzene rings is 2. The maximum Gasteiger partial charge on any atom is 0.289 e. The quantitative estimate of drug-likeness (QED) is 0.600. The van der Waals surface area contributed by atoms with Crippen LogP contribution in [0.3, 0.4) is 0 Å². The summed E-state index contributed by atoms with van der Waals surface area (Å²) in [6.45, 7) is 3.72. The fraction of sp³-hybridized carbons (Fsp3) is 0.294. The van der Waals surface area contributed by atoms with Gasteiger partial charge in [0.05, 0.1) is 4.92 Å². The molecule has 0 aromatic heterocycles. The molecule has 0 aliphatic heterocycles. The molecule has 7 nitrogen and oxygen atoms in total. The topological polar surface area (TPSA) is 107 Å². The lowest BCUT2D eigenvalue weighted by molar-refractivity contribution is -0.387. The molecule has 2 aromatic carbocycles. The number of rotatable bonds is 7. The van der Waals surface area contributed by atoms with Crippen molar-refractivity contribution in [1.82, 2.24) is 4.31 Å². The first-order valence-corrected chi connectivity index (χ1v) is 9.21. The van der Waals surface area contributed by atoms with Crippen LogP contribution in [0, 0.1) is 24.0 Å². The first-order valence-electron chi connectivity index (χ1n) is 7.77. The van der Waals surface area contributed by atoms with Crippen molar-refractivity contribution in [3.63, 3.8) is 0 Å². The fourth-order valence-electron chi connectivity index (χ4n) is 2.48. The summed E-state index contributed by atoms with van der Waals surface area (Å²) in [5.74, 6) is 0. The normalized spacial score (nSPS) is 11.7. The Morgan fingerprint density at radius 2 is 1.72 bits per heavy atom. The predicted octanol–water partition coefficient (Wildman–Crippen LogP) is 2.36. The fourth-order valence-corrected chi connectivity index (χ4v) is 4.14. The third kappa shape index (κ3) is 4.22. The van der Waals surface area contributed by atoms with E-state index in [9.17, 15) is 18.5 Å². The van der Waals surface area contributed by atoms with E-state index in [1.54, 1.807) is 38.1 Å². The number of nitro groups is 1. The van der Waals surface area contributed by atoms with Crippen molar-refractivity contribution < 1.29 is 13.3 Å². The first kappa shape index (κ1) is 19.0. The van der Waals surface area contributed by atoms with Crippen LogP contribution in [0.15, 0.2) is 47.4 Å². The van der Waals surface area contributed by atoms with Crippen molar-refractivity contribution in [2.75, 3.05) is 13.1 Å². The standard InChI is InChI=1S/C17H21N3O4S/c1-13-10-16(20(21)22)17(11-14(13)2)25(23,24)19(9-8-18)12-15-6-4-3-5-7-15/h3-7,10-11H,8-9,12,18H2,1-2H3. The molecule has 0 fully saturated rings. The Balaban J connectivity index is 2.53. The molecule has 0 saturated heterocycles. The summed E-state index contributed by atoms with van der Waals surface area (Å²) >= 11 is 0. The van der Waals surface area contributed by atoms with Crippen molar-refractivity contribution >= 4 is 15.7 Å². The molecular formula is C17H21N3O4S. The highest BCUT2D eigenvalue weighted by Crippen LogP contribution is 2.30. The molecule has 0 atom stereocenters. The second-order valence-electron chi connectivity index (χ2n) is 5.77. The van der Waals surface area contributed by atoms with E-state index in [2.05, 4.69) is 0 Å². The van der Waals surface area contributed by atoms with Gasteiger partial charge in [-0.05, 0) is 36.6 Å². The number of nitrogens with zero attached hydrogens (tertiary/aromatic N) is 2. The van der Waals surface area contributed by atoms with Crippen LogP contribution in [0.2, 0.25) is 0 Å². The molecule has 0 aliphatic carbocycles. The summed E-state index contributed by atoms with van der Waals surface area (Å²) in [5.41, 5.74) is 7.28. The molecule has 0 unspecified atom stereocenters. The number of hydrogen-bond donors (Lipinski definition) is 1. The van der Waals surface area contributed by atoms with Gasteiger partial charge in [0.2, 0.25) is 10.0 Å². The molecule has 2 rings (SSSR count). The van der Waals surface area contributed by atoms with Gasteiger partial charge >= 0.3 is 0 Å². The van der Waals surface area contributed by atoms with Crippen molar-refractivity contribution in [1.29, 1.82) is 0 Å². The Kier molecular flexibility index (Phi) is 5.89. The molecule has 8 heteroatoms. The van der Waals surface area contributed by atoms with E-state index in [1.807, 2.05) is 6.07 Å². The average molecular weight is 363 g/mol. The van der Waals surface area contributed by atoms with Gasteiger partial charge < -0.3 is 5.73 Å². The second kappa shape index (κ2) is 7.73. The SMILES string of the molecule is Cc1cc([N+](=O)[O-])c(S(=O)(=O)N(CCN)Cc2ccccc2)cc1C. The van der Waals surface area contributed by atoms with E-state index in [0.717, 1.165) is 5.56 Å². The van der Waals surface area contributed by atoms with E-state index in [4.69, 9.17) is 5.73 Å². The van der Waals surface area contributed by atoms with Crippen LogP contribution in [0.5, 0.6) is 0 Å². The summed E-state index contributed by atoms with van der Waals surface area (Å²) in [6, 6.07) is 11.7. The second-order valence-corrected chi connectivity index (χ2v) is 7.68. The summed E-state index contributed by atoms with van der Waals surface area (Å²) < 4.78 is 27.3. The van der Waals surface area contributed by atoms with Crippen molar-refractivity contribution in [2.45, 2.75) is 25.3 Å². The summed E-state index contributed by atoms with van der Waals surface area (Å²) in [7, 11) is -4.06. The minimum absolute atomic E-state index is 0.0707. The zero-order valence-corrected chi connectivity index (χ0v) is 15.0. The van der Waals surface area contributed by atoms with Crippen LogP contribution in [0.4, 0.5) is 5.69 Å². The third-order valence-electron chi connectivity index (χ3n) is 3.97. The largest absolute Gasteiger partial charge is 0.329 e. The van der Waals surface area contributed by atoms with Gasteiger partial charge in [0.1, 0.15) is 0 Å². The average Bonchev–Trinajstić information content (AvgIpc) is 2.57. The number of nitro benzene ring substituents is 1. The molecule has 0 bridgehead atoms. The van der Waals surface area contributed by atoms with Crippen LogP contribution < -0.4 is 5.73 Å². The van der Waals surface area contributed by atoms with Crippen molar-refractivity contribution in [3.05, 3.63) is 69.3 Å². The summed E-state index contributed by atoms with van der Waals surface area (Å²) in [5, 5.41) is 11.4. The van der Waals surface area contributed by atoms with Crippen LogP contribution in [0.1, 0.15) is 16.7 Å². The molecule has 2 aromatic rings. The molecule has 0 aliphatic rings. The van der Waals surface area contributed by atoms with Gasteiger partial charge in [-0.1, -0.05) is 30.3 Å². The third-order valence-corrected chi connectivity index (χ3v) is 5.84. The lowest BCUT2D eigenvalue weighted by Crippen LogP contribution is -2.35. The zero-order chi connectivity index (χ0) is 18.6. The van der Waals surface area contributed by atoms with E-state index in [1.165, 1.54) is 16.4 Å². The molecule has 0 amide bonds. The highest BCUT2D eigenvalue weighted by Gasteiger charge is 2.32. The summed E-state index contributed by atoms with van der Waals surface area (Å²) in [6.07, 6.45) is 0.